The number of likely N-dealkylation sites (tertiary alicyclic amines) is 1. The van der Waals surface area contributed by atoms with E-state index in [-0.39, 0.29) is 5.91 Å². The molecule has 9 heteroatoms. The summed E-state index contributed by atoms with van der Waals surface area (Å²) in [5.74, 6) is 0.703. The van der Waals surface area contributed by atoms with Crippen LogP contribution in [0.25, 0.3) is 10.7 Å². The van der Waals surface area contributed by atoms with Gasteiger partial charge in [0.1, 0.15) is 14.8 Å². The van der Waals surface area contributed by atoms with Crippen molar-refractivity contribution in [2.75, 3.05) is 26.2 Å². The van der Waals surface area contributed by atoms with Gasteiger partial charge in [0.2, 0.25) is 10.0 Å². The van der Waals surface area contributed by atoms with Crippen molar-refractivity contribution < 1.29 is 13.2 Å². The molecule has 0 unspecified atom stereocenters. The minimum atomic E-state index is -3.53. The Kier molecular flexibility index (Phi) is 6.29. The van der Waals surface area contributed by atoms with Crippen molar-refractivity contribution in [3.8, 4) is 10.7 Å². The fourth-order valence-electron chi connectivity index (χ4n) is 4.44. The Hall–Kier alpha value is -1.71. The summed E-state index contributed by atoms with van der Waals surface area (Å²) in [5.41, 5.74) is 2.15. The smallest absolute Gasteiger partial charge is 0.265 e. The first-order valence-corrected chi connectivity index (χ1v) is 13.4. The molecule has 0 aliphatic carbocycles. The Morgan fingerprint density at radius 1 is 1.10 bits per heavy atom. The molecular formula is C22H32N4O3S2. The first kappa shape index (κ1) is 22.5. The van der Waals surface area contributed by atoms with Gasteiger partial charge in [-0.25, -0.2) is 13.4 Å². The van der Waals surface area contributed by atoms with Crippen LogP contribution < -0.4 is 0 Å². The number of thiazole rings is 1. The lowest BCUT2D eigenvalue weighted by Crippen LogP contribution is -2.37. The highest BCUT2D eigenvalue weighted by atomic mass is 32.2. The molecule has 0 aromatic carbocycles. The Labute approximate surface area is 189 Å². The summed E-state index contributed by atoms with van der Waals surface area (Å²) in [6, 6.07) is 1.73. The van der Waals surface area contributed by atoms with E-state index in [9.17, 15) is 13.2 Å². The maximum atomic E-state index is 13.3. The van der Waals surface area contributed by atoms with Gasteiger partial charge in [0.15, 0.2) is 0 Å². The highest BCUT2D eigenvalue weighted by Gasteiger charge is 2.31. The lowest BCUT2D eigenvalue weighted by Gasteiger charge is -2.30. The van der Waals surface area contributed by atoms with Gasteiger partial charge >= 0.3 is 0 Å². The number of rotatable bonds is 4. The van der Waals surface area contributed by atoms with Crippen LogP contribution in [0.5, 0.6) is 0 Å². The lowest BCUT2D eigenvalue weighted by atomic mass is 9.99. The largest absolute Gasteiger partial charge is 0.345 e. The van der Waals surface area contributed by atoms with Crippen LogP contribution in [0.15, 0.2) is 11.0 Å². The van der Waals surface area contributed by atoms with Crippen LogP contribution in [-0.4, -0.2) is 59.3 Å². The van der Waals surface area contributed by atoms with Crippen molar-refractivity contribution in [1.82, 2.24) is 18.8 Å². The molecule has 2 saturated heterocycles. The predicted molar refractivity (Wildman–Crippen MR) is 123 cm³/mol. The number of carbonyl (C=O) groups excluding carboxylic acids is 1. The van der Waals surface area contributed by atoms with E-state index < -0.39 is 10.0 Å². The zero-order chi connectivity index (χ0) is 22.3. The van der Waals surface area contributed by atoms with E-state index in [4.69, 9.17) is 0 Å². The average molecular weight is 465 g/mol. The van der Waals surface area contributed by atoms with Gasteiger partial charge in [0, 0.05) is 38.9 Å². The number of piperidine rings is 2. The summed E-state index contributed by atoms with van der Waals surface area (Å²) in [6.45, 7) is 8.65. The van der Waals surface area contributed by atoms with Crippen LogP contribution in [0.2, 0.25) is 0 Å². The summed E-state index contributed by atoms with van der Waals surface area (Å²) >= 11 is 1.37. The third-order valence-electron chi connectivity index (χ3n) is 6.70. The van der Waals surface area contributed by atoms with E-state index in [1.807, 2.05) is 30.4 Å². The lowest BCUT2D eigenvalue weighted by molar-refractivity contribution is 0.0701. The molecule has 31 heavy (non-hydrogen) atoms. The third-order valence-corrected chi connectivity index (χ3v) is 9.88. The summed E-state index contributed by atoms with van der Waals surface area (Å²) in [6.07, 6.45) is 4.96. The number of aryl methyl sites for hydroxylation is 1. The Balaban J connectivity index is 1.64. The molecule has 2 aromatic rings. The maximum Gasteiger partial charge on any atom is 0.265 e. The number of hydrogen-bond acceptors (Lipinski definition) is 5. The van der Waals surface area contributed by atoms with Gasteiger partial charge in [-0.05, 0) is 51.5 Å². The molecule has 4 heterocycles. The van der Waals surface area contributed by atoms with Gasteiger partial charge in [-0.1, -0.05) is 13.3 Å². The first-order valence-electron chi connectivity index (χ1n) is 11.1. The normalized spacial score (nSPS) is 19.2. The van der Waals surface area contributed by atoms with Gasteiger partial charge in [-0.15, -0.1) is 11.3 Å². The van der Waals surface area contributed by atoms with Crippen LogP contribution in [0.4, 0.5) is 0 Å². The van der Waals surface area contributed by atoms with Crippen LogP contribution in [0, 0.1) is 19.8 Å². The zero-order valence-electron chi connectivity index (χ0n) is 18.8. The molecule has 2 aliphatic rings. The van der Waals surface area contributed by atoms with Gasteiger partial charge < -0.3 is 9.47 Å². The average Bonchev–Trinajstić information content (AvgIpc) is 3.29. The van der Waals surface area contributed by atoms with Gasteiger partial charge in [0.05, 0.1) is 11.4 Å². The number of hydrogen-bond donors (Lipinski definition) is 0. The van der Waals surface area contributed by atoms with Crippen molar-refractivity contribution in [2.45, 2.75) is 57.8 Å². The minimum Gasteiger partial charge on any atom is -0.345 e. The molecule has 0 atom stereocenters. The van der Waals surface area contributed by atoms with Gasteiger partial charge in [0.25, 0.3) is 5.91 Å². The molecule has 0 radical (unpaired) electrons. The molecule has 7 nitrogen and oxygen atoms in total. The Morgan fingerprint density at radius 2 is 1.74 bits per heavy atom. The summed E-state index contributed by atoms with van der Waals surface area (Å²) in [5, 5.41) is 0.692. The van der Waals surface area contributed by atoms with E-state index in [0.29, 0.717) is 45.2 Å². The van der Waals surface area contributed by atoms with Crippen LogP contribution in [0.3, 0.4) is 0 Å². The number of nitrogens with zero attached hydrogens (tertiary/aromatic N) is 4. The number of amides is 1. The molecule has 0 N–H and O–H groups in total. The number of sulfonamides is 1. The summed E-state index contributed by atoms with van der Waals surface area (Å²) < 4.78 is 30.0. The minimum absolute atomic E-state index is 0.0419. The molecule has 0 spiro atoms. The van der Waals surface area contributed by atoms with Crippen LogP contribution in [-0.2, 0) is 17.1 Å². The van der Waals surface area contributed by atoms with Gasteiger partial charge in [-0.3, -0.25) is 4.79 Å². The monoisotopic (exact) mass is 464 g/mol. The SMILES string of the molecule is Cc1nc(-c2cc(S(=O)(=O)N3CCCCC3)c(C)n2C)sc1C(=O)N1CCC(C)CC1. The number of carbonyl (C=O) groups is 1. The Bertz CT molecular complexity index is 1070. The summed E-state index contributed by atoms with van der Waals surface area (Å²) in [7, 11) is -1.67. The van der Waals surface area contributed by atoms with Gasteiger partial charge in [-0.2, -0.15) is 4.31 Å². The first-order chi connectivity index (χ1) is 14.7. The van der Waals surface area contributed by atoms with Crippen LogP contribution in [0.1, 0.15) is 60.1 Å². The van der Waals surface area contributed by atoms with E-state index in [2.05, 4.69) is 11.9 Å². The van der Waals surface area contributed by atoms with Crippen molar-refractivity contribution in [1.29, 1.82) is 0 Å². The van der Waals surface area contributed by atoms with E-state index in [1.165, 1.54) is 11.3 Å². The molecule has 170 valence electrons. The Morgan fingerprint density at radius 3 is 2.39 bits per heavy atom. The van der Waals surface area contributed by atoms with Crippen molar-refractivity contribution >= 4 is 27.3 Å². The quantitative estimate of drug-likeness (QED) is 0.689. The fraction of sp³-hybridized carbons (Fsp3) is 0.636. The van der Waals surface area contributed by atoms with Crippen LogP contribution >= 0.6 is 11.3 Å². The molecule has 0 saturated carbocycles. The summed E-state index contributed by atoms with van der Waals surface area (Å²) in [4.78, 5) is 20.7. The predicted octanol–water partition coefficient (Wildman–Crippen LogP) is 3.81. The molecule has 1 amide bonds. The second-order valence-corrected chi connectivity index (χ2v) is 11.8. The van der Waals surface area contributed by atoms with E-state index >= 15 is 0 Å². The second kappa shape index (κ2) is 8.67. The van der Waals surface area contributed by atoms with E-state index in [1.54, 1.807) is 10.4 Å². The van der Waals surface area contributed by atoms with Crippen molar-refractivity contribution in [3.63, 3.8) is 0 Å². The van der Waals surface area contributed by atoms with Crippen molar-refractivity contribution in [3.05, 3.63) is 22.3 Å². The molecule has 2 fully saturated rings. The third kappa shape index (κ3) is 4.19. The topological polar surface area (TPSA) is 75.5 Å². The second-order valence-electron chi connectivity index (χ2n) is 8.91. The standard InChI is InChI=1S/C22H32N4O3S2/c1-15-8-12-25(13-9-15)22(27)20-16(2)23-21(30-20)18-14-19(17(3)24(18)4)31(28,29)26-10-6-5-7-11-26/h14-15H,5-13H2,1-4H3. The van der Waals surface area contributed by atoms with E-state index in [0.717, 1.165) is 50.9 Å². The van der Waals surface area contributed by atoms with Crippen molar-refractivity contribution in [2.24, 2.45) is 13.0 Å². The maximum absolute atomic E-state index is 13.3. The fourth-order valence-corrected chi connectivity index (χ4v) is 7.32. The molecule has 2 aromatic heterocycles. The molecule has 4 rings (SSSR count). The molecule has 2 aliphatic heterocycles. The highest BCUT2D eigenvalue weighted by Crippen LogP contribution is 2.34. The molecule has 0 bridgehead atoms. The highest BCUT2D eigenvalue weighted by molar-refractivity contribution is 7.89. The zero-order valence-corrected chi connectivity index (χ0v) is 20.5. The number of aromatic nitrogens is 2. The molecular weight excluding hydrogens is 432 g/mol.